The SMILES string of the molecule is CCN(CCO)C(=O)C(C)Oc1ccc(Cl)cc1. The van der Waals surface area contributed by atoms with E-state index in [9.17, 15) is 4.79 Å². The zero-order valence-corrected chi connectivity index (χ0v) is 11.4. The average Bonchev–Trinajstić information content (AvgIpc) is 2.37. The van der Waals surface area contributed by atoms with Crippen molar-refractivity contribution in [2.75, 3.05) is 19.7 Å². The zero-order valence-electron chi connectivity index (χ0n) is 10.6. The molecule has 1 aromatic rings. The highest BCUT2D eigenvalue weighted by Crippen LogP contribution is 2.17. The van der Waals surface area contributed by atoms with Crippen LogP contribution in [0.15, 0.2) is 24.3 Å². The summed E-state index contributed by atoms with van der Waals surface area (Å²) in [4.78, 5) is 13.6. The summed E-state index contributed by atoms with van der Waals surface area (Å²) in [5.74, 6) is 0.460. The minimum absolute atomic E-state index is 0.0484. The quantitative estimate of drug-likeness (QED) is 0.860. The van der Waals surface area contributed by atoms with Gasteiger partial charge in [-0.25, -0.2) is 0 Å². The maximum atomic E-state index is 12.0. The van der Waals surface area contributed by atoms with E-state index < -0.39 is 6.10 Å². The van der Waals surface area contributed by atoms with Gasteiger partial charge in [0, 0.05) is 18.1 Å². The van der Waals surface area contributed by atoms with Crippen molar-refractivity contribution >= 4 is 17.5 Å². The third-order valence-corrected chi connectivity index (χ3v) is 2.79. The number of hydrogen-bond acceptors (Lipinski definition) is 3. The Labute approximate surface area is 112 Å². The van der Waals surface area contributed by atoms with Crippen molar-refractivity contribution in [3.63, 3.8) is 0 Å². The average molecular weight is 272 g/mol. The van der Waals surface area contributed by atoms with Crippen LogP contribution in [-0.2, 0) is 4.79 Å². The summed E-state index contributed by atoms with van der Waals surface area (Å²) in [6.45, 7) is 4.38. The molecule has 1 aromatic carbocycles. The maximum absolute atomic E-state index is 12.0. The molecule has 0 fully saturated rings. The molecule has 1 N–H and O–H groups in total. The lowest BCUT2D eigenvalue weighted by atomic mass is 10.3. The molecule has 1 atom stereocenters. The highest BCUT2D eigenvalue weighted by atomic mass is 35.5. The van der Waals surface area contributed by atoms with Gasteiger partial charge in [-0.15, -0.1) is 0 Å². The smallest absolute Gasteiger partial charge is 0.263 e. The molecular weight excluding hydrogens is 254 g/mol. The first-order valence-electron chi connectivity index (χ1n) is 5.90. The minimum atomic E-state index is -0.585. The van der Waals surface area contributed by atoms with E-state index >= 15 is 0 Å². The fraction of sp³-hybridized carbons (Fsp3) is 0.462. The highest BCUT2D eigenvalue weighted by molar-refractivity contribution is 6.30. The van der Waals surface area contributed by atoms with Gasteiger partial charge in [0.1, 0.15) is 5.75 Å². The Hall–Kier alpha value is -1.26. The maximum Gasteiger partial charge on any atom is 0.263 e. The number of amides is 1. The standard InChI is InChI=1S/C13H18ClNO3/c1-3-15(8-9-16)13(17)10(2)18-12-6-4-11(14)5-7-12/h4-7,10,16H,3,8-9H2,1-2H3. The molecule has 0 spiro atoms. The lowest BCUT2D eigenvalue weighted by Gasteiger charge is -2.24. The summed E-state index contributed by atoms with van der Waals surface area (Å²) < 4.78 is 5.53. The van der Waals surface area contributed by atoms with Crippen molar-refractivity contribution in [3.8, 4) is 5.75 Å². The van der Waals surface area contributed by atoms with Crippen LogP contribution in [0.3, 0.4) is 0 Å². The topological polar surface area (TPSA) is 49.8 Å². The van der Waals surface area contributed by atoms with E-state index in [1.165, 1.54) is 0 Å². The van der Waals surface area contributed by atoms with Crippen LogP contribution in [0.25, 0.3) is 0 Å². The molecule has 0 aliphatic heterocycles. The monoisotopic (exact) mass is 271 g/mol. The first-order chi connectivity index (χ1) is 8.58. The number of aliphatic hydroxyl groups is 1. The second-order valence-electron chi connectivity index (χ2n) is 3.86. The molecule has 0 bridgehead atoms. The molecule has 1 amide bonds. The molecular formula is C13H18ClNO3. The summed E-state index contributed by atoms with van der Waals surface area (Å²) in [5, 5.41) is 9.49. The highest BCUT2D eigenvalue weighted by Gasteiger charge is 2.20. The number of carbonyl (C=O) groups excluding carboxylic acids is 1. The van der Waals surface area contributed by atoms with Crippen LogP contribution in [0, 0.1) is 0 Å². The van der Waals surface area contributed by atoms with Crippen molar-refractivity contribution in [2.45, 2.75) is 20.0 Å². The largest absolute Gasteiger partial charge is 0.481 e. The Kier molecular flexibility index (Phi) is 5.95. The third-order valence-electron chi connectivity index (χ3n) is 2.54. The van der Waals surface area contributed by atoms with Crippen molar-refractivity contribution in [3.05, 3.63) is 29.3 Å². The lowest BCUT2D eigenvalue weighted by molar-refractivity contribution is -0.138. The van der Waals surface area contributed by atoms with Gasteiger partial charge in [0.2, 0.25) is 0 Å². The van der Waals surface area contributed by atoms with Crippen LogP contribution in [0.2, 0.25) is 5.02 Å². The number of likely N-dealkylation sites (N-methyl/N-ethyl adjacent to an activating group) is 1. The second-order valence-corrected chi connectivity index (χ2v) is 4.29. The van der Waals surface area contributed by atoms with Crippen molar-refractivity contribution in [1.82, 2.24) is 4.90 Å². The molecule has 0 aliphatic carbocycles. The number of hydrogen-bond donors (Lipinski definition) is 1. The number of nitrogens with zero attached hydrogens (tertiary/aromatic N) is 1. The van der Waals surface area contributed by atoms with Crippen LogP contribution in [0.5, 0.6) is 5.75 Å². The number of rotatable bonds is 6. The van der Waals surface area contributed by atoms with Gasteiger partial charge in [0.15, 0.2) is 6.10 Å². The minimum Gasteiger partial charge on any atom is -0.481 e. The summed E-state index contributed by atoms with van der Waals surface area (Å²) in [5.41, 5.74) is 0. The number of halogens is 1. The molecule has 0 radical (unpaired) electrons. The van der Waals surface area contributed by atoms with Gasteiger partial charge >= 0.3 is 0 Å². The van der Waals surface area contributed by atoms with Crippen molar-refractivity contribution < 1.29 is 14.6 Å². The molecule has 0 saturated heterocycles. The van der Waals surface area contributed by atoms with Gasteiger partial charge in [-0.05, 0) is 38.1 Å². The van der Waals surface area contributed by atoms with Gasteiger partial charge in [-0.1, -0.05) is 11.6 Å². The predicted molar refractivity (Wildman–Crippen MR) is 70.9 cm³/mol. The molecule has 1 rings (SSSR count). The Morgan fingerprint density at radius 3 is 2.56 bits per heavy atom. The van der Waals surface area contributed by atoms with Gasteiger partial charge in [0.05, 0.1) is 6.61 Å². The lowest BCUT2D eigenvalue weighted by Crippen LogP contribution is -2.41. The molecule has 18 heavy (non-hydrogen) atoms. The van der Waals surface area contributed by atoms with Gasteiger partial charge in [-0.2, -0.15) is 0 Å². The molecule has 1 unspecified atom stereocenters. The molecule has 4 nitrogen and oxygen atoms in total. The van der Waals surface area contributed by atoms with Gasteiger partial charge < -0.3 is 14.7 Å². The van der Waals surface area contributed by atoms with Crippen LogP contribution >= 0.6 is 11.6 Å². The molecule has 0 saturated carbocycles. The fourth-order valence-corrected chi connectivity index (χ4v) is 1.70. The first kappa shape index (κ1) is 14.8. The summed E-state index contributed by atoms with van der Waals surface area (Å²) in [7, 11) is 0. The first-order valence-corrected chi connectivity index (χ1v) is 6.28. The zero-order chi connectivity index (χ0) is 13.5. The van der Waals surface area contributed by atoms with E-state index in [0.717, 1.165) is 0 Å². The molecule has 5 heteroatoms. The van der Waals surface area contributed by atoms with Gasteiger partial charge in [0.25, 0.3) is 5.91 Å². The Morgan fingerprint density at radius 2 is 2.06 bits per heavy atom. The normalized spacial score (nSPS) is 12.0. The summed E-state index contributed by atoms with van der Waals surface area (Å²) in [6.07, 6.45) is -0.585. The molecule has 0 aliphatic rings. The van der Waals surface area contributed by atoms with E-state index in [0.29, 0.717) is 23.9 Å². The van der Waals surface area contributed by atoms with E-state index in [-0.39, 0.29) is 12.5 Å². The van der Waals surface area contributed by atoms with E-state index in [4.69, 9.17) is 21.4 Å². The molecule has 100 valence electrons. The van der Waals surface area contributed by atoms with Crippen LogP contribution in [0.1, 0.15) is 13.8 Å². The number of aliphatic hydroxyl groups excluding tert-OH is 1. The van der Waals surface area contributed by atoms with Crippen molar-refractivity contribution in [1.29, 1.82) is 0 Å². The summed E-state index contributed by atoms with van der Waals surface area (Å²) >= 11 is 5.77. The van der Waals surface area contributed by atoms with E-state index in [1.54, 1.807) is 36.1 Å². The van der Waals surface area contributed by atoms with Crippen molar-refractivity contribution in [2.24, 2.45) is 0 Å². The second kappa shape index (κ2) is 7.24. The van der Waals surface area contributed by atoms with Crippen LogP contribution < -0.4 is 4.74 Å². The fourth-order valence-electron chi connectivity index (χ4n) is 1.57. The molecule has 0 aromatic heterocycles. The Morgan fingerprint density at radius 1 is 1.44 bits per heavy atom. The molecule has 0 heterocycles. The van der Waals surface area contributed by atoms with Gasteiger partial charge in [-0.3, -0.25) is 4.79 Å². The van der Waals surface area contributed by atoms with E-state index in [1.807, 2.05) is 6.92 Å². The number of benzene rings is 1. The predicted octanol–water partition coefficient (Wildman–Crippen LogP) is 1.95. The number of ether oxygens (including phenoxy) is 1. The van der Waals surface area contributed by atoms with E-state index in [2.05, 4.69) is 0 Å². The third kappa shape index (κ3) is 4.20. The Bertz CT molecular complexity index is 380. The van der Waals surface area contributed by atoms with Crippen LogP contribution in [0.4, 0.5) is 0 Å². The Balaban J connectivity index is 2.61. The number of carbonyl (C=O) groups is 1. The van der Waals surface area contributed by atoms with Crippen LogP contribution in [-0.4, -0.2) is 41.7 Å². The summed E-state index contributed by atoms with van der Waals surface area (Å²) in [6, 6.07) is 6.85.